The fourth-order valence-electron chi connectivity index (χ4n) is 8.61. The number of rotatable bonds is 15. The number of ether oxygens (including phenoxy) is 1. The number of nitrogens with two attached hydrogens (primary N) is 2. The van der Waals surface area contributed by atoms with E-state index >= 15 is 0 Å². The summed E-state index contributed by atoms with van der Waals surface area (Å²) in [5.41, 5.74) is 18.9. The second kappa shape index (κ2) is 16.9. The van der Waals surface area contributed by atoms with E-state index in [1.54, 1.807) is 16.5 Å². The molecule has 6 N–H and O–H groups in total. The van der Waals surface area contributed by atoms with Crippen LogP contribution in [0.3, 0.4) is 0 Å². The summed E-state index contributed by atoms with van der Waals surface area (Å²) in [5, 5.41) is 5.44. The second-order valence-electron chi connectivity index (χ2n) is 15.6. The predicted octanol–water partition coefficient (Wildman–Crippen LogP) is 2.77. The Morgan fingerprint density at radius 2 is 1.65 bits per heavy atom. The van der Waals surface area contributed by atoms with Crippen molar-refractivity contribution in [1.82, 2.24) is 19.8 Å². The lowest BCUT2D eigenvalue weighted by Crippen LogP contribution is -2.55. The number of anilines is 1. The van der Waals surface area contributed by atoms with Gasteiger partial charge in [-0.3, -0.25) is 43.3 Å². The Morgan fingerprint density at radius 1 is 0.930 bits per heavy atom. The number of nitrogens with zero attached hydrogens (tertiary/aromatic N) is 3. The molecule has 0 saturated carbocycles. The number of aromatic nitrogens is 2. The Morgan fingerprint density at radius 3 is 2.40 bits per heavy atom. The number of imidazole rings is 1. The van der Waals surface area contributed by atoms with Gasteiger partial charge in [0, 0.05) is 26.3 Å². The lowest BCUT2D eigenvalue weighted by Gasteiger charge is -2.30. The van der Waals surface area contributed by atoms with E-state index in [-0.39, 0.29) is 42.7 Å². The lowest BCUT2D eigenvalue weighted by atomic mass is 10.0. The molecule has 4 heterocycles. The van der Waals surface area contributed by atoms with E-state index in [1.807, 2.05) is 55.5 Å². The summed E-state index contributed by atoms with van der Waals surface area (Å²) in [6.45, 7) is 2.15. The van der Waals surface area contributed by atoms with E-state index in [2.05, 4.69) is 22.8 Å². The first-order valence-corrected chi connectivity index (χ1v) is 19.9. The number of piperidine rings is 1. The Bertz CT molecular complexity index is 2260. The monoisotopic (exact) mass is 777 g/mol. The van der Waals surface area contributed by atoms with Crippen LogP contribution in [0.15, 0.2) is 65.5 Å². The van der Waals surface area contributed by atoms with Crippen molar-refractivity contribution in [3.63, 3.8) is 0 Å². The van der Waals surface area contributed by atoms with Crippen LogP contribution in [0.4, 0.5) is 5.69 Å². The standard InChI is InChI=1S/C43H51N7O7/c1-25(32(19-21-36(45)51)46-41(54)35-23-30-11-5-9-29-17-18-31(44)42(55)50(35)38(29)30)57-24-27-15-13-26(14-16-27)7-3-4-8-28-10-6-12-33-39(28)48(2)43(56)49(33)34-20-22-37(52)47-40(34)53/h5-6,9-16,25,31-32,34-35H,3-4,7-8,17-24,44H2,1-2H3,(H2,45,51)(H,46,54)(H,47,52,53)/t25-,31+,32+,34?,35+/m1/s1. The molecule has 5 amide bonds. The molecule has 5 atom stereocenters. The van der Waals surface area contributed by atoms with Gasteiger partial charge in [-0.1, -0.05) is 54.6 Å². The summed E-state index contributed by atoms with van der Waals surface area (Å²) in [7, 11) is 1.72. The first-order valence-electron chi connectivity index (χ1n) is 19.9. The van der Waals surface area contributed by atoms with Gasteiger partial charge in [0.1, 0.15) is 12.1 Å². The number of nitrogens with one attached hydrogen (secondary N) is 2. The van der Waals surface area contributed by atoms with Crippen molar-refractivity contribution < 1.29 is 28.7 Å². The minimum atomic E-state index is -0.747. The van der Waals surface area contributed by atoms with Gasteiger partial charge in [-0.15, -0.1) is 0 Å². The topological polar surface area (TPSA) is 201 Å². The number of para-hydroxylation sites is 2. The molecular weight excluding hydrogens is 727 g/mol. The average molecular weight is 778 g/mol. The van der Waals surface area contributed by atoms with E-state index in [9.17, 15) is 28.8 Å². The third kappa shape index (κ3) is 8.28. The van der Waals surface area contributed by atoms with E-state index < -0.39 is 42.1 Å². The molecule has 0 aliphatic carbocycles. The number of amides is 5. The minimum absolute atomic E-state index is 0.0677. The number of aryl methyl sites for hydroxylation is 4. The molecule has 300 valence electrons. The first kappa shape index (κ1) is 39.6. The zero-order valence-electron chi connectivity index (χ0n) is 32.5. The zero-order chi connectivity index (χ0) is 40.4. The fourth-order valence-corrected chi connectivity index (χ4v) is 8.61. The molecule has 1 saturated heterocycles. The van der Waals surface area contributed by atoms with Crippen molar-refractivity contribution in [3.05, 3.63) is 99.0 Å². The summed E-state index contributed by atoms with van der Waals surface area (Å²) in [5.74, 6) is -1.82. The van der Waals surface area contributed by atoms with E-state index in [1.165, 1.54) is 10.1 Å². The summed E-state index contributed by atoms with van der Waals surface area (Å²) < 4.78 is 9.37. The second-order valence-corrected chi connectivity index (χ2v) is 15.6. The highest BCUT2D eigenvalue weighted by molar-refractivity contribution is 6.07. The molecule has 4 aromatic rings. The number of primary amides is 1. The van der Waals surface area contributed by atoms with Gasteiger partial charge in [0.05, 0.1) is 41.5 Å². The maximum Gasteiger partial charge on any atom is 0.329 e. The van der Waals surface area contributed by atoms with Crippen LogP contribution in [0.5, 0.6) is 0 Å². The number of unbranched alkanes of at least 4 members (excludes halogenated alkanes) is 1. The maximum absolute atomic E-state index is 13.9. The molecule has 3 aliphatic rings. The summed E-state index contributed by atoms with van der Waals surface area (Å²) in [6, 6.07) is 17.2. The normalized spacial score (nSPS) is 20.2. The SMILES string of the molecule is C[C@@H](OCc1ccc(CCCCc2cccc3c2n(C)c(=O)n3C2CCC(=O)NC2=O)cc1)[C@H](CCC(N)=O)NC(=O)[C@@H]1Cc2cccc3c2N1C(=O)[C@@H](N)CC3. The maximum atomic E-state index is 13.9. The Labute approximate surface area is 330 Å². The van der Waals surface area contributed by atoms with Crippen LogP contribution >= 0.6 is 0 Å². The summed E-state index contributed by atoms with van der Waals surface area (Å²) in [6.07, 6.45) is 5.40. The van der Waals surface area contributed by atoms with Gasteiger partial charge in [0.2, 0.25) is 29.5 Å². The number of carbonyl (C=O) groups is 5. The van der Waals surface area contributed by atoms with Crippen LogP contribution in [0.1, 0.15) is 85.7 Å². The smallest absolute Gasteiger partial charge is 0.329 e. The molecule has 7 rings (SSSR count). The average Bonchev–Trinajstić information content (AvgIpc) is 3.67. The van der Waals surface area contributed by atoms with Crippen molar-refractivity contribution in [1.29, 1.82) is 0 Å². The molecule has 14 nitrogen and oxygen atoms in total. The van der Waals surface area contributed by atoms with Crippen LogP contribution in [0.2, 0.25) is 0 Å². The molecule has 3 aliphatic heterocycles. The van der Waals surface area contributed by atoms with Crippen molar-refractivity contribution in [2.45, 2.75) is 114 Å². The van der Waals surface area contributed by atoms with Gasteiger partial charge in [-0.2, -0.15) is 0 Å². The van der Waals surface area contributed by atoms with Crippen LogP contribution in [-0.2, 0) is 68.0 Å². The number of imide groups is 1. The number of carbonyl (C=O) groups excluding carboxylic acids is 5. The fraction of sp³-hybridized carbons (Fsp3) is 0.442. The van der Waals surface area contributed by atoms with Crippen molar-refractivity contribution in [2.24, 2.45) is 18.5 Å². The summed E-state index contributed by atoms with van der Waals surface area (Å²) in [4.78, 5) is 78.2. The molecule has 0 spiro atoms. The molecule has 1 aromatic heterocycles. The number of fused-ring (bicyclic) bond motifs is 1. The predicted molar refractivity (Wildman–Crippen MR) is 214 cm³/mol. The Kier molecular flexibility index (Phi) is 11.7. The number of benzene rings is 3. The first-order chi connectivity index (χ1) is 27.4. The van der Waals surface area contributed by atoms with Gasteiger partial charge in [-0.25, -0.2) is 4.79 Å². The Hall–Kier alpha value is -5.60. The largest absolute Gasteiger partial charge is 0.372 e. The van der Waals surface area contributed by atoms with E-state index in [4.69, 9.17) is 16.2 Å². The molecule has 0 bridgehead atoms. The van der Waals surface area contributed by atoms with Crippen LogP contribution < -0.4 is 32.7 Å². The Balaban J connectivity index is 0.929. The third-order valence-corrected chi connectivity index (χ3v) is 11.8. The number of hydrogen-bond donors (Lipinski definition) is 4. The molecule has 1 fully saturated rings. The van der Waals surface area contributed by atoms with Gasteiger partial charge in [0.25, 0.3) is 0 Å². The molecule has 14 heteroatoms. The highest BCUT2D eigenvalue weighted by Crippen LogP contribution is 2.39. The highest BCUT2D eigenvalue weighted by atomic mass is 16.5. The van der Waals surface area contributed by atoms with Crippen LogP contribution in [0, 0.1) is 0 Å². The van der Waals surface area contributed by atoms with Gasteiger partial charge >= 0.3 is 5.69 Å². The number of hydrogen-bond acceptors (Lipinski definition) is 8. The molecule has 0 radical (unpaired) electrons. The molecule has 3 aromatic carbocycles. The molecule has 57 heavy (non-hydrogen) atoms. The zero-order valence-corrected chi connectivity index (χ0v) is 32.5. The van der Waals surface area contributed by atoms with Crippen molar-refractivity contribution in [3.8, 4) is 0 Å². The van der Waals surface area contributed by atoms with Crippen LogP contribution in [0.25, 0.3) is 11.0 Å². The van der Waals surface area contributed by atoms with E-state index in [0.29, 0.717) is 37.8 Å². The molecule has 1 unspecified atom stereocenters. The van der Waals surface area contributed by atoms with Gasteiger partial charge < -0.3 is 21.5 Å². The minimum Gasteiger partial charge on any atom is -0.372 e. The molecular formula is C43H51N7O7. The van der Waals surface area contributed by atoms with E-state index in [0.717, 1.165) is 59.1 Å². The quantitative estimate of drug-likeness (QED) is 0.104. The third-order valence-electron chi connectivity index (χ3n) is 11.8. The van der Waals surface area contributed by atoms with Crippen molar-refractivity contribution in [2.75, 3.05) is 4.90 Å². The van der Waals surface area contributed by atoms with Gasteiger partial charge in [0.15, 0.2) is 0 Å². The highest BCUT2D eigenvalue weighted by Gasteiger charge is 2.43. The lowest BCUT2D eigenvalue weighted by molar-refractivity contribution is -0.135. The van der Waals surface area contributed by atoms with Crippen molar-refractivity contribution >= 4 is 46.3 Å². The summed E-state index contributed by atoms with van der Waals surface area (Å²) >= 11 is 0. The van der Waals surface area contributed by atoms with Gasteiger partial charge in [-0.05, 0) is 92.2 Å². The van der Waals surface area contributed by atoms with Crippen LogP contribution in [-0.4, -0.2) is 62.9 Å².